The summed E-state index contributed by atoms with van der Waals surface area (Å²) in [7, 11) is 1.52. The van der Waals surface area contributed by atoms with Crippen LogP contribution in [0.5, 0.6) is 0 Å². The van der Waals surface area contributed by atoms with Gasteiger partial charge in [-0.15, -0.1) is 0 Å². The first-order chi connectivity index (χ1) is 24.0. The molecule has 0 aliphatic carbocycles. The number of amides is 1. The van der Waals surface area contributed by atoms with Crippen LogP contribution in [0.3, 0.4) is 0 Å². The summed E-state index contributed by atoms with van der Waals surface area (Å²) in [5.41, 5.74) is 0. The minimum atomic E-state index is -4.35. The van der Waals surface area contributed by atoms with Gasteiger partial charge >= 0.3 is 7.82 Å². The summed E-state index contributed by atoms with van der Waals surface area (Å²) >= 11 is 0. The molecule has 3 N–H and O–H groups in total. The minimum Gasteiger partial charge on any atom is -0.387 e. The van der Waals surface area contributed by atoms with E-state index in [1.807, 2.05) is 27.2 Å². The number of rotatable bonds is 34. The number of phosphoric acid groups is 1. The summed E-state index contributed by atoms with van der Waals surface area (Å²) in [6, 6.07) is -0.876. The number of hydrogen-bond acceptors (Lipinski definition) is 5. The van der Waals surface area contributed by atoms with E-state index in [0.29, 0.717) is 17.4 Å². The number of likely N-dealkylation sites (N-methyl/N-ethyl adjacent to an activating group) is 1. The highest BCUT2D eigenvalue weighted by atomic mass is 31.2. The van der Waals surface area contributed by atoms with Crippen molar-refractivity contribution in [1.29, 1.82) is 0 Å². The molecule has 9 heteroatoms. The van der Waals surface area contributed by atoms with Gasteiger partial charge in [0, 0.05) is 6.42 Å². The predicted molar refractivity (Wildman–Crippen MR) is 212 cm³/mol. The monoisotopic (exact) mass is 724 g/mol. The molecule has 0 aromatic heterocycles. The molecule has 0 fully saturated rings. The van der Waals surface area contributed by atoms with Crippen molar-refractivity contribution in [2.24, 2.45) is 0 Å². The van der Waals surface area contributed by atoms with Crippen LogP contribution in [0.2, 0.25) is 0 Å². The average molecular weight is 724 g/mol. The van der Waals surface area contributed by atoms with Crippen LogP contribution in [0.4, 0.5) is 0 Å². The maximum absolute atomic E-state index is 12.8. The SMILES string of the molecule is CCCCC/C=C\C/C=C\CCCCCCCC(=O)NC(COP(=O)(O)OCC[N+](C)(C)C)C(O)/C=C/CC/C=C/CC/C=C/CCCCC. The number of phosphoric ester groups is 1. The molecule has 0 radical (unpaired) electrons. The van der Waals surface area contributed by atoms with Gasteiger partial charge in [0.2, 0.25) is 5.91 Å². The van der Waals surface area contributed by atoms with Gasteiger partial charge in [0.05, 0.1) is 39.9 Å². The molecule has 0 aliphatic rings. The molecule has 0 rings (SSSR count). The molecule has 3 unspecified atom stereocenters. The Morgan fingerprint density at radius 1 is 0.680 bits per heavy atom. The molecule has 0 aliphatic heterocycles. The Kier molecular flexibility index (Phi) is 31.9. The quantitative estimate of drug-likeness (QED) is 0.0264. The van der Waals surface area contributed by atoms with E-state index in [1.165, 1.54) is 44.9 Å². The Morgan fingerprint density at radius 2 is 1.16 bits per heavy atom. The van der Waals surface area contributed by atoms with Gasteiger partial charge in [0.15, 0.2) is 0 Å². The number of carbonyl (C=O) groups excluding carboxylic acids is 1. The first kappa shape index (κ1) is 48.2. The van der Waals surface area contributed by atoms with Crippen LogP contribution < -0.4 is 5.32 Å². The predicted octanol–water partition coefficient (Wildman–Crippen LogP) is 10.3. The molecular formula is C41H76N2O6P+. The molecule has 1 amide bonds. The third-order valence-corrected chi connectivity index (χ3v) is 9.17. The summed E-state index contributed by atoms with van der Waals surface area (Å²) in [4.78, 5) is 23.0. The summed E-state index contributed by atoms with van der Waals surface area (Å²) in [6.45, 7) is 4.68. The maximum Gasteiger partial charge on any atom is 0.472 e. The van der Waals surface area contributed by atoms with Crippen molar-refractivity contribution in [3.8, 4) is 0 Å². The van der Waals surface area contributed by atoms with E-state index in [1.54, 1.807) is 6.08 Å². The van der Waals surface area contributed by atoms with E-state index in [9.17, 15) is 19.4 Å². The van der Waals surface area contributed by atoms with Crippen molar-refractivity contribution >= 4 is 13.7 Å². The first-order valence-corrected chi connectivity index (χ1v) is 21.2. The number of nitrogens with zero attached hydrogens (tertiary/aromatic N) is 1. The third kappa shape index (κ3) is 34.6. The van der Waals surface area contributed by atoms with Crippen molar-refractivity contribution in [3.05, 3.63) is 60.8 Å². The highest BCUT2D eigenvalue weighted by Crippen LogP contribution is 2.43. The number of carbonyl (C=O) groups is 1. The summed E-state index contributed by atoms with van der Waals surface area (Å²) < 4.78 is 23.4. The smallest absolute Gasteiger partial charge is 0.387 e. The van der Waals surface area contributed by atoms with E-state index in [-0.39, 0.29) is 19.1 Å². The number of allylic oxidation sites excluding steroid dienone is 9. The van der Waals surface area contributed by atoms with E-state index in [4.69, 9.17) is 9.05 Å². The topological polar surface area (TPSA) is 105 Å². The zero-order valence-electron chi connectivity index (χ0n) is 32.6. The number of nitrogens with one attached hydrogen (secondary N) is 1. The largest absolute Gasteiger partial charge is 0.472 e. The molecule has 0 spiro atoms. The molecule has 3 atom stereocenters. The first-order valence-electron chi connectivity index (χ1n) is 19.7. The number of aliphatic hydroxyl groups excluding tert-OH is 1. The van der Waals surface area contributed by atoms with Gasteiger partial charge < -0.3 is 19.8 Å². The molecule has 290 valence electrons. The molecule has 0 bridgehead atoms. The van der Waals surface area contributed by atoms with Crippen molar-refractivity contribution in [1.82, 2.24) is 5.32 Å². The summed E-state index contributed by atoms with van der Waals surface area (Å²) in [6.07, 6.45) is 41.4. The third-order valence-electron chi connectivity index (χ3n) is 8.19. The standard InChI is InChI=1S/C41H75N2O6P/c1-6-8-10-12-14-16-18-20-21-23-25-27-29-31-33-35-41(45)42-39(38-49-50(46,47)48-37-36-43(3,4)5)40(44)34-32-30-28-26-24-22-19-17-15-13-11-9-7-2/h14-17,20-21,24,26,32,34,39-40,44H,6-13,18-19,22-23,25,27-31,33,35-38H2,1-5H3,(H-,42,45,46,47)/p+1/b16-14-,17-15+,21-20-,26-24+,34-32+. The number of quaternary nitrogens is 1. The zero-order chi connectivity index (χ0) is 37.2. The molecule has 8 nitrogen and oxygen atoms in total. The normalized spacial score (nSPS) is 15.3. The van der Waals surface area contributed by atoms with Crippen LogP contribution in [-0.2, 0) is 18.4 Å². The lowest BCUT2D eigenvalue weighted by Crippen LogP contribution is -2.45. The number of aliphatic hydroxyl groups is 1. The summed E-state index contributed by atoms with van der Waals surface area (Å²) in [5, 5.41) is 13.7. The highest BCUT2D eigenvalue weighted by Gasteiger charge is 2.27. The Labute approximate surface area is 307 Å². The minimum absolute atomic E-state index is 0.0480. The molecule has 0 saturated heterocycles. The molecule has 0 aromatic carbocycles. The lowest BCUT2D eigenvalue weighted by Gasteiger charge is -2.25. The Hall–Kier alpha value is -1.80. The lowest BCUT2D eigenvalue weighted by molar-refractivity contribution is -0.870. The molecule has 0 heterocycles. The molecular weight excluding hydrogens is 647 g/mol. The van der Waals surface area contributed by atoms with Crippen molar-refractivity contribution < 1.29 is 32.9 Å². The van der Waals surface area contributed by atoms with Gasteiger partial charge in [-0.1, -0.05) is 120 Å². The fourth-order valence-corrected chi connectivity index (χ4v) is 5.72. The van der Waals surface area contributed by atoms with Crippen molar-refractivity contribution in [2.45, 2.75) is 154 Å². The fraction of sp³-hybridized carbons (Fsp3) is 0.732. The lowest BCUT2D eigenvalue weighted by atomic mass is 10.1. The van der Waals surface area contributed by atoms with Gasteiger partial charge in [-0.3, -0.25) is 13.8 Å². The zero-order valence-corrected chi connectivity index (χ0v) is 33.5. The fourth-order valence-electron chi connectivity index (χ4n) is 4.98. The number of unbranched alkanes of at least 4 members (excludes halogenated alkanes) is 13. The maximum atomic E-state index is 12.8. The van der Waals surface area contributed by atoms with Crippen LogP contribution in [0, 0.1) is 0 Å². The number of hydrogen-bond donors (Lipinski definition) is 3. The van der Waals surface area contributed by atoms with Gasteiger partial charge in [0.25, 0.3) is 0 Å². The Bertz CT molecular complexity index is 1000. The van der Waals surface area contributed by atoms with Gasteiger partial charge in [0.1, 0.15) is 13.2 Å². The highest BCUT2D eigenvalue weighted by molar-refractivity contribution is 7.47. The van der Waals surface area contributed by atoms with Crippen LogP contribution in [0.1, 0.15) is 142 Å². The van der Waals surface area contributed by atoms with E-state index in [2.05, 4.69) is 67.8 Å². The second kappa shape index (κ2) is 33.1. The van der Waals surface area contributed by atoms with Gasteiger partial charge in [-0.2, -0.15) is 0 Å². The Balaban J connectivity index is 4.63. The molecule has 0 saturated carbocycles. The van der Waals surface area contributed by atoms with Crippen LogP contribution >= 0.6 is 7.82 Å². The summed E-state index contributed by atoms with van der Waals surface area (Å²) in [5.74, 6) is -0.210. The second-order valence-electron chi connectivity index (χ2n) is 14.3. The van der Waals surface area contributed by atoms with Crippen LogP contribution in [0.25, 0.3) is 0 Å². The van der Waals surface area contributed by atoms with E-state index >= 15 is 0 Å². The van der Waals surface area contributed by atoms with Crippen molar-refractivity contribution in [2.75, 3.05) is 40.9 Å². The molecule has 50 heavy (non-hydrogen) atoms. The average Bonchev–Trinajstić information content (AvgIpc) is 3.06. The van der Waals surface area contributed by atoms with E-state index < -0.39 is 20.0 Å². The van der Waals surface area contributed by atoms with Crippen LogP contribution in [-0.4, -0.2) is 73.4 Å². The second-order valence-corrected chi connectivity index (χ2v) is 15.7. The molecule has 0 aromatic rings. The Morgan fingerprint density at radius 3 is 1.72 bits per heavy atom. The van der Waals surface area contributed by atoms with Crippen LogP contribution in [0.15, 0.2) is 60.8 Å². The van der Waals surface area contributed by atoms with Gasteiger partial charge in [-0.05, 0) is 77.0 Å². The van der Waals surface area contributed by atoms with Crippen molar-refractivity contribution in [3.63, 3.8) is 0 Å². The van der Waals surface area contributed by atoms with Gasteiger partial charge in [-0.25, -0.2) is 4.57 Å². The van der Waals surface area contributed by atoms with E-state index in [0.717, 1.165) is 77.0 Å².